The van der Waals surface area contributed by atoms with E-state index in [1.807, 2.05) is 6.20 Å². The summed E-state index contributed by atoms with van der Waals surface area (Å²) in [5.41, 5.74) is 0. The first-order valence-corrected chi connectivity index (χ1v) is 8.64. The third-order valence-corrected chi connectivity index (χ3v) is 4.36. The predicted molar refractivity (Wildman–Crippen MR) is 89.7 cm³/mol. The zero-order valence-corrected chi connectivity index (χ0v) is 14.2. The van der Waals surface area contributed by atoms with Gasteiger partial charge in [-0.05, 0) is 19.8 Å². The summed E-state index contributed by atoms with van der Waals surface area (Å²) in [6, 6.07) is 0. The van der Waals surface area contributed by atoms with E-state index >= 15 is 0 Å². The Bertz CT molecular complexity index is 458. The van der Waals surface area contributed by atoms with Crippen LogP contribution in [0.15, 0.2) is 11.2 Å². The van der Waals surface area contributed by atoms with Crippen LogP contribution in [0.25, 0.3) is 0 Å². The van der Waals surface area contributed by atoms with Crippen molar-refractivity contribution in [2.45, 2.75) is 32.3 Å². The van der Waals surface area contributed by atoms with Gasteiger partial charge in [-0.2, -0.15) is 0 Å². The molecule has 0 aromatic carbocycles. The lowest BCUT2D eigenvalue weighted by Gasteiger charge is -2.13. The van der Waals surface area contributed by atoms with Crippen LogP contribution in [0.3, 0.4) is 0 Å². The number of thiazole rings is 1. The average molecular weight is 326 g/mol. The molecule has 1 saturated heterocycles. The van der Waals surface area contributed by atoms with E-state index in [4.69, 9.17) is 9.47 Å². The lowest BCUT2D eigenvalue weighted by atomic mass is 10.2. The molecule has 1 unspecified atom stereocenters. The molecule has 0 spiro atoms. The number of nitrogens with zero attached hydrogens (tertiary/aromatic N) is 2. The molecule has 1 aromatic heterocycles. The van der Waals surface area contributed by atoms with E-state index in [0.29, 0.717) is 19.3 Å². The second kappa shape index (κ2) is 9.76. The third-order valence-electron chi connectivity index (χ3n) is 3.39. The molecule has 1 aromatic rings. The Morgan fingerprint density at radius 2 is 2.36 bits per heavy atom. The predicted octanol–water partition coefficient (Wildman–Crippen LogP) is 1.35. The van der Waals surface area contributed by atoms with Crippen LogP contribution in [0.2, 0.25) is 0 Å². The number of ether oxygens (including phenoxy) is 2. The van der Waals surface area contributed by atoms with Crippen molar-refractivity contribution in [3.8, 4) is 0 Å². The minimum atomic E-state index is 0.291. The fraction of sp³-hybridized carbons (Fsp3) is 0.733. The van der Waals surface area contributed by atoms with E-state index in [9.17, 15) is 0 Å². The summed E-state index contributed by atoms with van der Waals surface area (Å²) in [5, 5.41) is 7.68. The fourth-order valence-corrected chi connectivity index (χ4v) is 3.04. The molecule has 0 radical (unpaired) electrons. The van der Waals surface area contributed by atoms with E-state index in [-0.39, 0.29) is 0 Å². The molecule has 1 aliphatic heterocycles. The van der Waals surface area contributed by atoms with Gasteiger partial charge in [-0.3, -0.25) is 4.99 Å². The summed E-state index contributed by atoms with van der Waals surface area (Å²) >= 11 is 1.74. The third kappa shape index (κ3) is 6.29. The first-order valence-electron chi connectivity index (χ1n) is 7.83. The van der Waals surface area contributed by atoms with E-state index in [0.717, 1.165) is 49.9 Å². The summed E-state index contributed by atoms with van der Waals surface area (Å²) in [6.07, 6.45) is 5.39. The number of aryl methyl sites for hydroxylation is 1. The lowest BCUT2D eigenvalue weighted by molar-refractivity contribution is 0.0191. The molecule has 2 N–H and O–H groups in total. The first-order chi connectivity index (χ1) is 10.8. The number of hydrogen-bond acceptors (Lipinski definition) is 5. The highest BCUT2D eigenvalue weighted by molar-refractivity contribution is 7.11. The minimum absolute atomic E-state index is 0.291. The molecule has 0 bridgehead atoms. The summed E-state index contributed by atoms with van der Waals surface area (Å²) < 4.78 is 11.1. The van der Waals surface area contributed by atoms with Gasteiger partial charge < -0.3 is 20.1 Å². The van der Waals surface area contributed by atoms with Crippen LogP contribution in [0.5, 0.6) is 0 Å². The molecule has 22 heavy (non-hydrogen) atoms. The Balaban J connectivity index is 1.51. The Morgan fingerprint density at radius 3 is 3.05 bits per heavy atom. The number of rotatable bonds is 8. The van der Waals surface area contributed by atoms with Crippen molar-refractivity contribution in [3.05, 3.63) is 16.1 Å². The molecular formula is C15H26N4O2S. The van der Waals surface area contributed by atoms with Crippen LogP contribution < -0.4 is 10.6 Å². The molecular weight excluding hydrogens is 300 g/mol. The van der Waals surface area contributed by atoms with E-state index < -0.39 is 0 Å². The van der Waals surface area contributed by atoms with E-state index in [1.54, 1.807) is 18.4 Å². The lowest BCUT2D eigenvalue weighted by Crippen LogP contribution is -2.40. The highest BCUT2D eigenvalue weighted by Gasteiger charge is 2.14. The van der Waals surface area contributed by atoms with Gasteiger partial charge in [-0.15, -0.1) is 11.3 Å². The molecule has 0 saturated carbocycles. The van der Waals surface area contributed by atoms with Gasteiger partial charge in [0.15, 0.2) is 5.96 Å². The van der Waals surface area contributed by atoms with Crippen molar-refractivity contribution in [2.24, 2.45) is 4.99 Å². The van der Waals surface area contributed by atoms with E-state index in [1.165, 1.54) is 4.88 Å². The number of nitrogens with one attached hydrogen (secondary N) is 2. The zero-order chi connectivity index (χ0) is 15.6. The number of aromatic nitrogens is 1. The van der Waals surface area contributed by atoms with Gasteiger partial charge in [0.2, 0.25) is 0 Å². The van der Waals surface area contributed by atoms with Crippen LogP contribution in [-0.2, 0) is 15.9 Å². The van der Waals surface area contributed by atoms with Crippen molar-refractivity contribution in [1.82, 2.24) is 15.6 Å². The Hall–Kier alpha value is -1.18. The second-order valence-corrected chi connectivity index (χ2v) is 6.57. The van der Waals surface area contributed by atoms with Gasteiger partial charge in [0.1, 0.15) is 0 Å². The van der Waals surface area contributed by atoms with Crippen LogP contribution in [0.1, 0.15) is 22.7 Å². The maximum absolute atomic E-state index is 5.61. The minimum Gasteiger partial charge on any atom is -0.377 e. The second-order valence-electron chi connectivity index (χ2n) is 5.25. The molecule has 0 aliphatic carbocycles. The van der Waals surface area contributed by atoms with Crippen LogP contribution >= 0.6 is 11.3 Å². The van der Waals surface area contributed by atoms with Gasteiger partial charge in [0.05, 0.1) is 24.3 Å². The van der Waals surface area contributed by atoms with Crippen LogP contribution in [-0.4, -0.2) is 57.0 Å². The molecule has 0 amide bonds. The Morgan fingerprint density at radius 1 is 1.50 bits per heavy atom. The zero-order valence-electron chi connectivity index (χ0n) is 13.4. The molecule has 7 heteroatoms. The van der Waals surface area contributed by atoms with Crippen LogP contribution in [0.4, 0.5) is 0 Å². The van der Waals surface area contributed by atoms with Crippen LogP contribution in [0, 0.1) is 6.92 Å². The largest absolute Gasteiger partial charge is 0.377 e. The highest BCUT2D eigenvalue weighted by Crippen LogP contribution is 2.12. The van der Waals surface area contributed by atoms with Gasteiger partial charge in [0.25, 0.3) is 0 Å². The van der Waals surface area contributed by atoms with Gasteiger partial charge in [-0.25, -0.2) is 4.98 Å². The summed E-state index contributed by atoms with van der Waals surface area (Å²) in [7, 11) is 1.77. The number of hydrogen-bond donors (Lipinski definition) is 2. The Labute approximate surface area is 136 Å². The Kier molecular flexibility index (Phi) is 7.62. The molecule has 6 nitrogen and oxygen atoms in total. The molecule has 1 aliphatic rings. The van der Waals surface area contributed by atoms with Crippen molar-refractivity contribution in [3.63, 3.8) is 0 Å². The fourth-order valence-electron chi connectivity index (χ4n) is 2.26. The maximum Gasteiger partial charge on any atom is 0.191 e. The molecule has 2 heterocycles. The number of aliphatic imine (C=N–C) groups is 1. The van der Waals surface area contributed by atoms with E-state index in [2.05, 4.69) is 27.5 Å². The topological polar surface area (TPSA) is 67.8 Å². The summed E-state index contributed by atoms with van der Waals surface area (Å²) in [5.74, 6) is 0.800. The summed E-state index contributed by atoms with van der Waals surface area (Å²) in [4.78, 5) is 9.80. The van der Waals surface area contributed by atoms with Crippen molar-refractivity contribution >= 4 is 17.3 Å². The molecule has 124 valence electrons. The summed E-state index contributed by atoms with van der Waals surface area (Å²) in [6.45, 7) is 5.86. The smallest absolute Gasteiger partial charge is 0.191 e. The molecule has 1 atom stereocenters. The monoisotopic (exact) mass is 326 g/mol. The average Bonchev–Trinajstić information content (AvgIpc) is 3.17. The maximum atomic E-state index is 5.61. The van der Waals surface area contributed by atoms with Gasteiger partial charge >= 0.3 is 0 Å². The van der Waals surface area contributed by atoms with Crippen molar-refractivity contribution in [1.29, 1.82) is 0 Å². The van der Waals surface area contributed by atoms with Crippen molar-refractivity contribution < 1.29 is 9.47 Å². The number of guanidine groups is 1. The SMILES string of the molecule is CN=C(NCCOCC1CCCO1)NCCc1ncc(C)s1. The quantitative estimate of drug-likeness (QED) is 0.429. The highest BCUT2D eigenvalue weighted by atomic mass is 32.1. The standard InChI is InChI=1S/C15H26N4O2S/c1-12-10-19-14(22-12)5-6-17-15(16-2)18-7-9-20-11-13-4-3-8-21-13/h10,13H,3-9,11H2,1-2H3,(H2,16,17,18). The van der Waals surface area contributed by atoms with Crippen molar-refractivity contribution in [2.75, 3.05) is 40.0 Å². The van der Waals surface area contributed by atoms with Gasteiger partial charge in [0, 0.05) is 44.2 Å². The molecule has 1 fully saturated rings. The normalized spacial score (nSPS) is 18.6. The molecule has 2 rings (SSSR count). The van der Waals surface area contributed by atoms with Gasteiger partial charge in [-0.1, -0.05) is 0 Å². The first kappa shape index (κ1) is 17.2.